The third kappa shape index (κ3) is 5.43. The molecular weight excluding hydrogens is 737 g/mol. The molecule has 2 heteroatoms. The van der Waals surface area contributed by atoms with Crippen LogP contribution in [0.15, 0.2) is 243 Å². The molecule has 1 aromatic heterocycles. The Bertz CT molecular complexity index is 3370. The van der Waals surface area contributed by atoms with Gasteiger partial charge in [-0.15, -0.1) is 0 Å². The number of benzene rings is 10. The van der Waals surface area contributed by atoms with Gasteiger partial charge in [0.2, 0.25) is 0 Å². The zero-order valence-corrected chi connectivity index (χ0v) is 33.5. The van der Waals surface area contributed by atoms with Crippen molar-refractivity contribution in [2.75, 3.05) is 4.90 Å². The van der Waals surface area contributed by atoms with Crippen LogP contribution in [0.4, 0.5) is 17.1 Å². The molecule has 1 aliphatic rings. The van der Waals surface area contributed by atoms with Gasteiger partial charge in [0.15, 0.2) is 0 Å². The van der Waals surface area contributed by atoms with Crippen molar-refractivity contribution >= 4 is 49.6 Å². The molecule has 0 N–H and O–H groups in total. The van der Waals surface area contributed by atoms with Gasteiger partial charge in [-0.05, 0) is 110 Å². The number of anilines is 3. The van der Waals surface area contributed by atoms with Gasteiger partial charge in [-0.25, -0.2) is 0 Å². The summed E-state index contributed by atoms with van der Waals surface area (Å²) in [7, 11) is 0. The maximum atomic E-state index is 2.49. The summed E-state index contributed by atoms with van der Waals surface area (Å²) in [5, 5.41) is 4.90. The van der Waals surface area contributed by atoms with Crippen LogP contribution in [0.5, 0.6) is 0 Å². The van der Waals surface area contributed by atoms with Gasteiger partial charge in [0.05, 0.1) is 22.1 Å². The molecule has 0 bridgehead atoms. The Morgan fingerprint density at radius 1 is 0.344 bits per heavy atom. The van der Waals surface area contributed by atoms with E-state index in [1.165, 1.54) is 77.1 Å². The molecule has 0 saturated carbocycles. The molecule has 11 aromatic rings. The monoisotopic (exact) mass is 776 g/mol. The van der Waals surface area contributed by atoms with Crippen molar-refractivity contribution in [3.8, 4) is 27.9 Å². The number of nitrogens with zero attached hydrogens (tertiary/aromatic N) is 2. The molecule has 10 aromatic carbocycles. The normalized spacial score (nSPS) is 12.7. The second kappa shape index (κ2) is 14.1. The minimum atomic E-state index is -0.580. The van der Waals surface area contributed by atoms with Gasteiger partial charge in [0.25, 0.3) is 0 Å². The number of rotatable bonds is 7. The lowest BCUT2D eigenvalue weighted by molar-refractivity contribution is 0.768. The first kappa shape index (κ1) is 35.0. The molecule has 0 spiro atoms. The van der Waals surface area contributed by atoms with Crippen molar-refractivity contribution in [3.05, 3.63) is 265 Å². The first-order valence-corrected chi connectivity index (χ1v) is 21.1. The molecule has 0 unspecified atom stereocenters. The van der Waals surface area contributed by atoms with Crippen molar-refractivity contribution in [1.29, 1.82) is 0 Å². The highest BCUT2D eigenvalue weighted by atomic mass is 15.1. The van der Waals surface area contributed by atoms with Crippen molar-refractivity contribution < 1.29 is 0 Å². The fourth-order valence-electron chi connectivity index (χ4n) is 10.2. The predicted octanol–water partition coefficient (Wildman–Crippen LogP) is 15.4. The minimum absolute atomic E-state index is 0.580. The summed E-state index contributed by atoms with van der Waals surface area (Å²) in [6.45, 7) is 0. The zero-order chi connectivity index (χ0) is 40.3. The van der Waals surface area contributed by atoms with E-state index in [0.29, 0.717) is 0 Å². The fourth-order valence-corrected chi connectivity index (χ4v) is 10.2. The largest absolute Gasteiger partial charge is 0.310 e. The van der Waals surface area contributed by atoms with Crippen LogP contribution >= 0.6 is 0 Å². The van der Waals surface area contributed by atoms with Gasteiger partial charge < -0.3 is 9.47 Å². The third-order valence-corrected chi connectivity index (χ3v) is 12.8. The van der Waals surface area contributed by atoms with E-state index in [9.17, 15) is 0 Å². The summed E-state index contributed by atoms with van der Waals surface area (Å²) >= 11 is 0. The van der Waals surface area contributed by atoms with E-state index in [2.05, 4.69) is 252 Å². The van der Waals surface area contributed by atoms with Crippen LogP contribution in [0, 0.1) is 0 Å². The lowest BCUT2D eigenvalue weighted by atomic mass is 9.67. The molecule has 0 atom stereocenters. The first-order chi connectivity index (χ1) is 30.3. The lowest BCUT2D eigenvalue weighted by Crippen LogP contribution is -2.30. The molecule has 0 radical (unpaired) electrons. The molecule has 61 heavy (non-hydrogen) atoms. The molecule has 0 aliphatic heterocycles. The van der Waals surface area contributed by atoms with Crippen molar-refractivity contribution in [1.82, 2.24) is 4.57 Å². The maximum absolute atomic E-state index is 2.49. The van der Waals surface area contributed by atoms with E-state index in [1.807, 2.05) is 0 Å². The summed E-state index contributed by atoms with van der Waals surface area (Å²) in [4.78, 5) is 2.49. The number of fused-ring (bicyclic) bond motifs is 7. The van der Waals surface area contributed by atoms with Crippen molar-refractivity contribution in [3.63, 3.8) is 0 Å². The second-order valence-corrected chi connectivity index (χ2v) is 16.1. The van der Waals surface area contributed by atoms with Crippen molar-refractivity contribution in [2.45, 2.75) is 5.41 Å². The third-order valence-electron chi connectivity index (χ3n) is 12.8. The Kier molecular flexibility index (Phi) is 8.11. The van der Waals surface area contributed by atoms with E-state index in [0.717, 1.165) is 22.7 Å². The van der Waals surface area contributed by atoms with Gasteiger partial charge in [-0.3, -0.25) is 0 Å². The van der Waals surface area contributed by atoms with Crippen LogP contribution in [0.25, 0.3) is 60.5 Å². The molecule has 0 saturated heterocycles. The molecule has 1 aliphatic carbocycles. The van der Waals surface area contributed by atoms with E-state index in [-0.39, 0.29) is 0 Å². The number of hydrogen-bond acceptors (Lipinski definition) is 1. The van der Waals surface area contributed by atoms with Crippen molar-refractivity contribution in [2.24, 2.45) is 0 Å². The van der Waals surface area contributed by atoms with Crippen LogP contribution in [-0.2, 0) is 5.41 Å². The Balaban J connectivity index is 1.13. The molecule has 12 rings (SSSR count). The van der Waals surface area contributed by atoms with Gasteiger partial charge >= 0.3 is 0 Å². The molecule has 286 valence electrons. The highest BCUT2D eigenvalue weighted by Crippen LogP contribution is 2.58. The van der Waals surface area contributed by atoms with Gasteiger partial charge in [-0.2, -0.15) is 0 Å². The molecule has 0 fully saturated rings. The summed E-state index contributed by atoms with van der Waals surface area (Å²) in [5.41, 5.74) is 16.2. The molecule has 2 nitrogen and oxygen atoms in total. The SMILES string of the molecule is c1ccc(-c2ccc(N(c3ccc4c(c3)c3ccccc3n4-c3ccc4ccccc4c3)c3ccccc3C3(c4ccccc4)c4ccccc4-c4ccccc43)cc2)cc1. The average Bonchev–Trinajstić information content (AvgIpc) is 3.83. The van der Waals surface area contributed by atoms with Crippen LogP contribution in [0.2, 0.25) is 0 Å². The lowest BCUT2D eigenvalue weighted by Gasteiger charge is -2.38. The van der Waals surface area contributed by atoms with Crippen LogP contribution in [0.1, 0.15) is 22.3 Å². The minimum Gasteiger partial charge on any atom is -0.310 e. The van der Waals surface area contributed by atoms with Gasteiger partial charge in [0, 0.05) is 27.8 Å². The summed E-state index contributed by atoms with van der Waals surface area (Å²) < 4.78 is 2.42. The van der Waals surface area contributed by atoms with E-state index < -0.39 is 5.41 Å². The molecular formula is C59H40N2. The quantitative estimate of drug-likeness (QED) is 0.156. The molecule has 1 heterocycles. The van der Waals surface area contributed by atoms with Crippen LogP contribution in [0.3, 0.4) is 0 Å². The number of hydrogen-bond donors (Lipinski definition) is 0. The summed E-state index contributed by atoms with van der Waals surface area (Å²) in [5.74, 6) is 0. The Morgan fingerprint density at radius 2 is 0.902 bits per heavy atom. The van der Waals surface area contributed by atoms with E-state index in [1.54, 1.807) is 0 Å². The standard InChI is InChI=1S/C59H40N2/c1-3-17-41(18-4-1)43-31-34-46(35-32-43)60(48-37-38-57-52(40-48)51-25-11-15-29-56(51)61(57)47-36-33-42-19-7-8-20-44(42)39-47)58-30-16-14-28-55(58)59(45-21-5-2-6-22-45)53-26-12-9-23-49(53)50-24-10-13-27-54(50)59/h1-40H. The van der Waals surface area contributed by atoms with Gasteiger partial charge in [0.1, 0.15) is 0 Å². The zero-order valence-electron chi connectivity index (χ0n) is 33.5. The average molecular weight is 777 g/mol. The maximum Gasteiger partial charge on any atom is 0.0733 e. The van der Waals surface area contributed by atoms with E-state index in [4.69, 9.17) is 0 Å². The van der Waals surface area contributed by atoms with Gasteiger partial charge in [-0.1, -0.05) is 188 Å². The highest BCUT2D eigenvalue weighted by molar-refractivity contribution is 6.11. The number of para-hydroxylation sites is 2. The molecule has 0 amide bonds. The smallest absolute Gasteiger partial charge is 0.0733 e. The van der Waals surface area contributed by atoms with Crippen LogP contribution in [-0.4, -0.2) is 4.57 Å². The Morgan fingerprint density at radius 3 is 1.66 bits per heavy atom. The Labute approximate surface area is 355 Å². The Hall–Kier alpha value is -7.94. The fraction of sp³-hybridized carbons (Fsp3) is 0.0169. The van der Waals surface area contributed by atoms with Crippen LogP contribution < -0.4 is 4.90 Å². The summed E-state index contributed by atoms with van der Waals surface area (Å²) in [6.07, 6.45) is 0. The number of aromatic nitrogens is 1. The predicted molar refractivity (Wildman–Crippen MR) is 256 cm³/mol. The second-order valence-electron chi connectivity index (χ2n) is 16.1. The summed E-state index contributed by atoms with van der Waals surface area (Å²) in [6, 6.07) is 89.2. The van der Waals surface area contributed by atoms with E-state index >= 15 is 0 Å². The first-order valence-electron chi connectivity index (χ1n) is 21.1. The topological polar surface area (TPSA) is 8.17 Å². The highest BCUT2D eigenvalue weighted by Gasteiger charge is 2.47.